The van der Waals surface area contributed by atoms with E-state index in [9.17, 15) is 4.79 Å². The molecule has 2 heterocycles. The van der Waals surface area contributed by atoms with Crippen molar-refractivity contribution >= 4 is 24.1 Å². The topological polar surface area (TPSA) is 62.2 Å². The van der Waals surface area contributed by atoms with Crippen molar-refractivity contribution in [3.63, 3.8) is 0 Å². The Morgan fingerprint density at radius 3 is 3.07 bits per heavy atom. The van der Waals surface area contributed by atoms with Gasteiger partial charge < -0.3 is 10.4 Å². The molecule has 0 aromatic carbocycles. The number of pyridine rings is 1. The third-order valence-corrected chi connectivity index (χ3v) is 2.16. The zero-order chi connectivity index (χ0) is 9.26. The maximum absolute atomic E-state index is 10.8. The first kappa shape index (κ1) is 10.8. The quantitative estimate of drug-likeness (QED) is 0.745. The minimum Gasteiger partial charge on any atom is -0.476 e. The van der Waals surface area contributed by atoms with E-state index in [-0.39, 0.29) is 18.1 Å². The van der Waals surface area contributed by atoms with Crippen molar-refractivity contribution in [2.24, 2.45) is 0 Å². The highest BCUT2D eigenvalue weighted by Gasteiger charge is 2.17. The van der Waals surface area contributed by atoms with Crippen LogP contribution >= 0.6 is 12.4 Å². The van der Waals surface area contributed by atoms with Gasteiger partial charge in [-0.15, -0.1) is 12.4 Å². The van der Waals surface area contributed by atoms with Crippen molar-refractivity contribution < 1.29 is 9.90 Å². The SMILES string of the molecule is Cl.O=C(O)c1nccc2c1NCCC2. The summed E-state index contributed by atoms with van der Waals surface area (Å²) in [4.78, 5) is 14.6. The van der Waals surface area contributed by atoms with Gasteiger partial charge in [-0.3, -0.25) is 0 Å². The van der Waals surface area contributed by atoms with Crippen LogP contribution in [-0.2, 0) is 6.42 Å². The summed E-state index contributed by atoms with van der Waals surface area (Å²) in [6.07, 6.45) is 3.54. The number of aromatic nitrogens is 1. The average molecular weight is 215 g/mol. The number of nitrogens with one attached hydrogen (secondary N) is 1. The average Bonchev–Trinajstić information content (AvgIpc) is 2.17. The molecule has 0 saturated heterocycles. The molecule has 0 atom stereocenters. The Hall–Kier alpha value is -1.29. The number of hydrogen-bond acceptors (Lipinski definition) is 3. The van der Waals surface area contributed by atoms with Crippen LogP contribution < -0.4 is 5.32 Å². The minimum absolute atomic E-state index is 0. The van der Waals surface area contributed by atoms with Crippen molar-refractivity contribution in [2.75, 3.05) is 11.9 Å². The molecule has 1 aromatic rings. The zero-order valence-electron chi connectivity index (χ0n) is 7.49. The largest absolute Gasteiger partial charge is 0.476 e. The third kappa shape index (κ3) is 1.80. The Bertz CT molecular complexity index is 355. The molecule has 0 unspecified atom stereocenters. The second kappa shape index (κ2) is 4.28. The van der Waals surface area contributed by atoms with E-state index in [1.54, 1.807) is 6.20 Å². The monoisotopic (exact) mass is 214 g/mol. The number of carboxylic acids is 1. The lowest BCUT2D eigenvalue weighted by atomic mass is 10.0. The van der Waals surface area contributed by atoms with Gasteiger partial charge in [0, 0.05) is 12.7 Å². The summed E-state index contributed by atoms with van der Waals surface area (Å²) >= 11 is 0. The molecule has 2 N–H and O–H groups in total. The van der Waals surface area contributed by atoms with Crippen LogP contribution in [0.1, 0.15) is 22.5 Å². The molecule has 0 radical (unpaired) electrons. The molecular formula is C9H11ClN2O2. The highest BCUT2D eigenvalue weighted by Crippen LogP contribution is 2.23. The van der Waals surface area contributed by atoms with Crippen LogP contribution in [0.3, 0.4) is 0 Å². The van der Waals surface area contributed by atoms with Crippen molar-refractivity contribution in [3.8, 4) is 0 Å². The zero-order valence-corrected chi connectivity index (χ0v) is 8.30. The van der Waals surface area contributed by atoms with Crippen molar-refractivity contribution in [1.82, 2.24) is 4.98 Å². The van der Waals surface area contributed by atoms with Gasteiger partial charge in [-0.1, -0.05) is 0 Å². The van der Waals surface area contributed by atoms with Crippen molar-refractivity contribution in [3.05, 3.63) is 23.5 Å². The maximum atomic E-state index is 10.8. The molecular weight excluding hydrogens is 204 g/mol. The summed E-state index contributed by atoms with van der Waals surface area (Å²) in [6.45, 7) is 0.832. The van der Waals surface area contributed by atoms with E-state index in [0.717, 1.165) is 24.9 Å². The van der Waals surface area contributed by atoms with Crippen LogP contribution in [-0.4, -0.2) is 22.6 Å². The Kier molecular flexibility index (Phi) is 3.30. The number of hydrogen-bond donors (Lipinski definition) is 2. The highest BCUT2D eigenvalue weighted by molar-refractivity contribution is 5.92. The highest BCUT2D eigenvalue weighted by atomic mass is 35.5. The molecule has 0 spiro atoms. The molecule has 0 fully saturated rings. The van der Waals surface area contributed by atoms with Gasteiger partial charge in [0.15, 0.2) is 5.69 Å². The van der Waals surface area contributed by atoms with Crippen LogP contribution in [0.5, 0.6) is 0 Å². The maximum Gasteiger partial charge on any atom is 0.356 e. The first-order valence-electron chi connectivity index (χ1n) is 4.24. The summed E-state index contributed by atoms with van der Waals surface area (Å²) in [5, 5.41) is 11.9. The number of carbonyl (C=O) groups is 1. The van der Waals surface area contributed by atoms with Gasteiger partial charge in [0.25, 0.3) is 0 Å². The fourth-order valence-electron chi connectivity index (χ4n) is 1.56. The Labute approximate surface area is 87.8 Å². The summed E-state index contributed by atoms with van der Waals surface area (Å²) in [5.41, 5.74) is 1.89. The summed E-state index contributed by atoms with van der Waals surface area (Å²) in [7, 11) is 0. The van der Waals surface area contributed by atoms with Gasteiger partial charge in [-0.05, 0) is 24.5 Å². The first-order valence-corrected chi connectivity index (χ1v) is 4.24. The standard InChI is InChI=1S/C9H10N2O2.ClH/c12-9(13)8-7-6(3-5-11-8)2-1-4-10-7;/h3,5,10H,1-2,4H2,(H,12,13);1H. The molecule has 2 rings (SSSR count). The van der Waals surface area contributed by atoms with Gasteiger partial charge in [-0.25, -0.2) is 9.78 Å². The van der Waals surface area contributed by atoms with Gasteiger partial charge in [0.2, 0.25) is 0 Å². The van der Waals surface area contributed by atoms with E-state index >= 15 is 0 Å². The second-order valence-electron chi connectivity index (χ2n) is 3.03. The number of carboxylic acid groups (broad SMARTS) is 1. The van der Waals surface area contributed by atoms with E-state index < -0.39 is 5.97 Å². The second-order valence-corrected chi connectivity index (χ2v) is 3.03. The van der Waals surface area contributed by atoms with E-state index in [1.165, 1.54) is 0 Å². The van der Waals surface area contributed by atoms with E-state index in [0.29, 0.717) is 5.69 Å². The first-order chi connectivity index (χ1) is 6.29. The van der Waals surface area contributed by atoms with Crippen LogP contribution in [0.25, 0.3) is 0 Å². The molecule has 1 aliphatic heterocycles. The van der Waals surface area contributed by atoms with E-state index in [2.05, 4.69) is 10.3 Å². The Balaban J connectivity index is 0.000000980. The lowest BCUT2D eigenvalue weighted by molar-refractivity contribution is 0.0691. The summed E-state index contributed by atoms with van der Waals surface area (Å²) < 4.78 is 0. The molecule has 0 bridgehead atoms. The fraction of sp³-hybridized carbons (Fsp3) is 0.333. The number of rotatable bonds is 1. The number of aromatic carboxylic acids is 1. The fourth-order valence-corrected chi connectivity index (χ4v) is 1.56. The number of aryl methyl sites for hydroxylation is 1. The van der Waals surface area contributed by atoms with Gasteiger partial charge >= 0.3 is 5.97 Å². The number of anilines is 1. The molecule has 1 aliphatic rings. The molecule has 5 heteroatoms. The molecule has 1 aromatic heterocycles. The molecule has 76 valence electrons. The van der Waals surface area contributed by atoms with Crippen LogP contribution in [0.15, 0.2) is 12.3 Å². The number of fused-ring (bicyclic) bond motifs is 1. The Morgan fingerprint density at radius 1 is 1.57 bits per heavy atom. The summed E-state index contributed by atoms with van der Waals surface area (Å²) in [6, 6.07) is 1.87. The van der Waals surface area contributed by atoms with Gasteiger partial charge in [0.05, 0.1) is 5.69 Å². The minimum atomic E-state index is -0.966. The molecule has 14 heavy (non-hydrogen) atoms. The lowest BCUT2D eigenvalue weighted by Crippen LogP contribution is -2.16. The predicted octanol–water partition coefficient (Wildman–Crippen LogP) is 1.56. The molecule has 0 amide bonds. The van der Waals surface area contributed by atoms with Crippen molar-refractivity contribution in [2.45, 2.75) is 12.8 Å². The Morgan fingerprint density at radius 2 is 2.36 bits per heavy atom. The van der Waals surface area contributed by atoms with E-state index in [1.807, 2.05) is 6.07 Å². The summed E-state index contributed by atoms with van der Waals surface area (Å²) in [5.74, 6) is -0.966. The van der Waals surface area contributed by atoms with Gasteiger partial charge in [0.1, 0.15) is 0 Å². The van der Waals surface area contributed by atoms with Crippen LogP contribution in [0, 0.1) is 0 Å². The number of nitrogens with zero attached hydrogens (tertiary/aromatic N) is 1. The predicted molar refractivity (Wildman–Crippen MR) is 55.3 cm³/mol. The third-order valence-electron chi connectivity index (χ3n) is 2.16. The smallest absolute Gasteiger partial charge is 0.356 e. The molecule has 4 nitrogen and oxygen atoms in total. The van der Waals surface area contributed by atoms with E-state index in [4.69, 9.17) is 5.11 Å². The lowest BCUT2D eigenvalue weighted by Gasteiger charge is -2.18. The molecule has 0 saturated carbocycles. The van der Waals surface area contributed by atoms with Crippen LogP contribution in [0.2, 0.25) is 0 Å². The van der Waals surface area contributed by atoms with Crippen molar-refractivity contribution in [1.29, 1.82) is 0 Å². The van der Waals surface area contributed by atoms with Crippen LogP contribution in [0.4, 0.5) is 5.69 Å². The molecule has 0 aliphatic carbocycles. The number of halogens is 1. The van der Waals surface area contributed by atoms with Gasteiger partial charge in [-0.2, -0.15) is 0 Å². The normalized spacial score (nSPS) is 13.4.